The van der Waals surface area contributed by atoms with Crippen molar-refractivity contribution in [3.63, 3.8) is 0 Å². The average Bonchev–Trinajstić information content (AvgIpc) is 2.69. The van der Waals surface area contributed by atoms with Gasteiger partial charge < -0.3 is 9.73 Å². The van der Waals surface area contributed by atoms with Gasteiger partial charge in [-0.05, 0) is 42.3 Å². The number of nitrogens with one attached hydrogen (secondary N) is 1. The second-order valence-electron chi connectivity index (χ2n) is 7.70. The number of hydrogen-bond donors (Lipinski definition) is 1. The highest BCUT2D eigenvalue weighted by molar-refractivity contribution is 6.30. The fraction of sp³-hybridized carbons (Fsp3) is 0.304. The predicted molar refractivity (Wildman–Crippen MR) is 119 cm³/mol. The highest BCUT2D eigenvalue weighted by atomic mass is 35.5. The van der Waals surface area contributed by atoms with Gasteiger partial charge >= 0.3 is 5.63 Å². The Balaban J connectivity index is 1.33. The Kier molecular flexibility index (Phi) is 6.18. The van der Waals surface area contributed by atoms with Gasteiger partial charge in [-0.25, -0.2) is 4.79 Å². The molecule has 0 bridgehead atoms. The largest absolute Gasteiger partial charge is 0.423 e. The van der Waals surface area contributed by atoms with Gasteiger partial charge in [0, 0.05) is 54.9 Å². The first kappa shape index (κ1) is 20.6. The molecule has 3 aromatic rings. The average molecular weight is 426 g/mol. The maximum atomic E-state index is 12.3. The molecule has 0 atom stereocenters. The lowest BCUT2D eigenvalue weighted by atomic mass is 10.1. The maximum Gasteiger partial charge on any atom is 0.336 e. The highest BCUT2D eigenvalue weighted by Gasteiger charge is 2.20. The van der Waals surface area contributed by atoms with Crippen molar-refractivity contribution in [2.24, 2.45) is 0 Å². The first-order valence-corrected chi connectivity index (χ1v) is 10.4. The van der Waals surface area contributed by atoms with Crippen LogP contribution in [-0.2, 0) is 11.3 Å². The molecule has 7 heteroatoms. The zero-order valence-electron chi connectivity index (χ0n) is 16.9. The molecular weight excluding hydrogens is 402 g/mol. The predicted octanol–water partition coefficient (Wildman–Crippen LogP) is 3.51. The Labute approximate surface area is 180 Å². The number of halogens is 1. The number of benzene rings is 2. The third-order valence-corrected chi connectivity index (χ3v) is 5.56. The molecule has 0 unspecified atom stereocenters. The molecule has 4 rings (SSSR count). The van der Waals surface area contributed by atoms with Crippen molar-refractivity contribution < 1.29 is 9.21 Å². The molecule has 1 fully saturated rings. The quantitative estimate of drug-likeness (QED) is 0.634. The standard InChI is InChI=1S/C23H24ClN3O3/c1-16-5-6-20-17(12-23(29)30-21(20)11-16)14-26-7-9-27(10-8-26)15-22(28)25-19-4-2-3-18(24)13-19/h2-6,11-13H,7-10,14-15H2,1H3,(H,25,28). The van der Waals surface area contributed by atoms with Gasteiger partial charge in [0.1, 0.15) is 5.58 Å². The number of carbonyl (C=O) groups is 1. The minimum Gasteiger partial charge on any atom is -0.423 e. The molecule has 156 valence electrons. The normalized spacial score (nSPS) is 15.4. The van der Waals surface area contributed by atoms with Crippen LogP contribution in [0.25, 0.3) is 11.0 Å². The first-order valence-electron chi connectivity index (χ1n) is 10.00. The zero-order chi connectivity index (χ0) is 21.1. The third kappa shape index (κ3) is 5.08. The van der Waals surface area contributed by atoms with Crippen LogP contribution in [0, 0.1) is 6.92 Å². The Hall–Kier alpha value is -2.67. The van der Waals surface area contributed by atoms with Gasteiger partial charge in [-0.1, -0.05) is 29.8 Å². The second-order valence-corrected chi connectivity index (χ2v) is 8.14. The molecule has 0 aliphatic carbocycles. The van der Waals surface area contributed by atoms with Gasteiger partial charge in [-0.3, -0.25) is 14.6 Å². The van der Waals surface area contributed by atoms with Crippen LogP contribution < -0.4 is 10.9 Å². The molecule has 1 saturated heterocycles. The summed E-state index contributed by atoms with van der Waals surface area (Å²) in [7, 11) is 0. The van der Waals surface area contributed by atoms with E-state index in [2.05, 4.69) is 15.1 Å². The summed E-state index contributed by atoms with van der Waals surface area (Å²) in [6.07, 6.45) is 0. The minimum absolute atomic E-state index is 0.0484. The summed E-state index contributed by atoms with van der Waals surface area (Å²) in [6.45, 7) is 6.26. The van der Waals surface area contributed by atoms with Crippen LogP contribution in [0.15, 0.2) is 57.7 Å². The summed E-state index contributed by atoms with van der Waals surface area (Å²) in [5, 5.41) is 4.46. The van der Waals surface area contributed by atoms with Crippen LogP contribution in [0.5, 0.6) is 0 Å². The third-order valence-electron chi connectivity index (χ3n) is 5.32. The lowest BCUT2D eigenvalue weighted by molar-refractivity contribution is -0.117. The number of rotatable bonds is 5. The Morgan fingerprint density at radius 1 is 1.07 bits per heavy atom. The van der Waals surface area contributed by atoms with Gasteiger partial charge in [0.05, 0.1) is 6.54 Å². The lowest BCUT2D eigenvalue weighted by Crippen LogP contribution is -2.48. The molecule has 2 aromatic carbocycles. The SMILES string of the molecule is Cc1ccc2c(CN3CCN(CC(=O)Nc4cccc(Cl)c4)CC3)cc(=O)oc2c1. The van der Waals surface area contributed by atoms with Crippen LogP contribution in [0.4, 0.5) is 5.69 Å². The van der Waals surface area contributed by atoms with Crippen LogP contribution in [0.1, 0.15) is 11.1 Å². The number of amides is 1. The molecular formula is C23H24ClN3O3. The smallest absolute Gasteiger partial charge is 0.336 e. The molecule has 1 aliphatic rings. The molecule has 1 amide bonds. The van der Waals surface area contributed by atoms with E-state index in [0.29, 0.717) is 29.4 Å². The van der Waals surface area contributed by atoms with Crippen molar-refractivity contribution in [2.45, 2.75) is 13.5 Å². The summed E-state index contributed by atoms with van der Waals surface area (Å²) in [6, 6.07) is 14.7. The molecule has 0 radical (unpaired) electrons. The van der Waals surface area contributed by atoms with Gasteiger partial charge in [0.25, 0.3) is 0 Å². The Bertz CT molecular complexity index is 1120. The summed E-state index contributed by atoms with van der Waals surface area (Å²) < 4.78 is 5.35. The monoisotopic (exact) mass is 425 g/mol. The van der Waals surface area contributed by atoms with Crippen LogP contribution in [0.2, 0.25) is 5.02 Å². The van der Waals surface area contributed by atoms with E-state index in [9.17, 15) is 9.59 Å². The van der Waals surface area contributed by atoms with Crippen molar-refractivity contribution in [3.8, 4) is 0 Å². The van der Waals surface area contributed by atoms with Crippen molar-refractivity contribution in [1.82, 2.24) is 9.80 Å². The fourth-order valence-electron chi connectivity index (χ4n) is 3.78. The zero-order valence-corrected chi connectivity index (χ0v) is 17.6. The van der Waals surface area contributed by atoms with E-state index < -0.39 is 0 Å². The van der Waals surface area contributed by atoms with Crippen LogP contribution >= 0.6 is 11.6 Å². The Morgan fingerprint density at radius 2 is 1.83 bits per heavy atom. The molecule has 0 saturated carbocycles. The summed E-state index contributed by atoms with van der Waals surface area (Å²) in [5.74, 6) is -0.0484. The molecule has 6 nitrogen and oxygen atoms in total. The number of nitrogens with zero attached hydrogens (tertiary/aromatic N) is 2. The van der Waals surface area contributed by atoms with Crippen molar-refractivity contribution >= 4 is 34.2 Å². The van der Waals surface area contributed by atoms with E-state index in [1.54, 1.807) is 18.2 Å². The molecule has 1 aromatic heterocycles. The molecule has 0 spiro atoms. The number of piperazine rings is 1. The van der Waals surface area contributed by atoms with Gasteiger partial charge in [0.15, 0.2) is 0 Å². The lowest BCUT2D eigenvalue weighted by Gasteiger charge is -2.34. The number of anilines is 1. The summed E-state index contributed by atoms with van der Waals surface area (Å²) in [5.41, 5.74) is 3.06. The van der Waals surface area contributed by atoms with Crippen molar-refractivity contribution in [2.75, 3.05) is 38.0 Å². The fourth-order valence-corrected chi connectivity index (χ4v) is 3.97. The van der Waals surface area contributed by atoms with E-state index in [4.69, 9.17) is 16.0 Å². The number of fused-ring (bicyclic) bond motifs is 1. The van der Waals surface area contributed by atoms with Crippen molar-refractivity contribution in [3.05, 3.63) is 75.1 Å². The summed E-state index contributed by atoms with van der Waals surface area (Å²) in [4.78, 5) is 28.7. The van der Waals surface area contributed by atoms with Crippen LogP contribution in [-0.4, -0.2) is 48.4 Å². The molecule has 1 aliphatic heterocycles. The van der Waals surface area contributed by atoms with Gasteiger partial charge in [-0.2, -0.15) is 0 Å². The minimum atomic E-state index is -0.320. The first-order chi connectivity index (χ1) is 14.5. The molecule has 2 heterocycles. The van der Waals surface area contributed by atoms with Crippen molar-refractivity contribution in [1.29, 1.82) is 0 Å². The topological polar surface area (TPSA) is 65.8 Å². The van der Waals surface area contributed by atoms with E-state index in [1.165, 1.54) is 0 Å². The second kappa shape index (κ2) is 9.00. The number of hydrogen-bond acceptors (Lipinski definition) is 5. The highest BCUT2D eigenvalue weighted by Crippen LogP contribution is 2.20. The Morgan fingerprint density at radius 3 is 2.60 bits per heavy atom. The molecule has 1 N–H and O–H groups in total. The van der Waals surface area contributed by atoms with E-state index in [1.807, 2.05) is 37.3 Å². The van der Waals surface area contributed by atoms with Gasteiger partial charge in [-0.15, -0.1) is 0 Å². The van der Waals surface area contributed by atoms with Gasteiger partial charge in [0.2, 0.25) is 5.91 Å². The maximum absolute atomic E-state index is 12.3. The number of aryl methyl sites for hydroxylation is 1. The van der Waals surface area contributed by atoms with Crippen LogP contribution in [0.3, 0.4) is 0 Å². The summed E-state index contributed by atoms with van der Waals surface area (Å²) >= 11 is 5.96. The van der Waals surface area contributed by atoms with E-state index in [0.717, 1.165) is 42.7 Å². The number of carbonyl (C=O) groups excluding carboxylic acids is 1. The molecule has 30 heavy (non-hydrogen) atoms. The van der Waals surface area contributed by atoms with E-state index >= 15 is 0 Å². The van der Waals surface area contributed by atoms with E-state index in [-0.39, 0.29) is 11.5 Å².